The van der Waals surface area contributed by atoms with Gasteiger partial charge in [-0.15, -0.1) is 0 Å². The van der Waals surface area contributed by atoms with Crippen LogP contribution >= 0.6 is 11.8 Å². The molecule has 1 amide bonds. The molecule has 1 aliphatic carbocycles. The Labute approximate surface area is 84.1 Å². The molecule has 74 valence electrons. The number of hydrogen-bond acceptors (Lipinski definition) is 2. The minimum absolute atomic E-state index is 0.391. The van der Waals surface area contributed by atoms with Crippen LogP contribution in [0.15, 0.2) is 0 Å². The van der Waals surface area contributed by atoms with E-state index in [0.717, 1.165) is 25.9 Å². The van der Waals surface area contributed by atoms with Crippen LogP contribution in [-0.2, 0) is 4.79 Å². The average molecular weight is 199 g/mol. The van der Waals surface area contributed by atoms with Crippen molar-refractivity contribution in [2.75, 3.05) is 13.1 Å². The lowest BCUT2D eigenvalue weighted by atomic mass is 10.3. The van der Waals surface area contributed by atoms with Crippen LogP contribution in [0.1, 0.15) is 26.7 Å². The predicted octanol–water partition coefficient (Wildman–Crippen LogP) is 1.75. The summed E-state index contributed by atoms with van der Waals surface area (Å²) in [6, 6.07) is 0. The lowest BCUT2D eigenvalue weighted by molar-refractivity contribution is -0.132. The van der Waals surface area contributed by atoms with E-state index in [-0.39, 0.29) is 0 Å². The van der Waals surface area contributed by atoms with Crippen molar-refractivity contribution in [1.82, 2.24) is 4.90 Å². The Morgan fingerprint density at radius 3 is 2.23 bits per heavy atom. The maximum absolute atomic E-state index is 11.8. The van der Waals surface area contributed by atoms with Crippen LogP contribution in [0.2, 0.25) is 0 Å². The van der Waals surface area contributed by atoms with Gasteiger partial charge in [0.25, 0.3) is 0 Å². The number of thioether (sulfide) groups is 1. The van der Waals surface area contributed by atoms with Crippen LogP contribution in [0.25, 0.3) is 0 Å². The Morgan fingerprint density at radius 2 is 1.77 bits per heavy atom. The summed E-state index contributed by atoms with van der Waals surface area (Å²) in [5.41, 5.74) is 0. The van der Waals surface area contributed by atoms with Gasteiger partial charge in [0, 0.05) is 29.5 Å². The highest BCUT2D eigenvalue weighted by Crippen LogP contribution is 2.33. The Balaban J connectivity index is 1.93. The summed E-state index contributed by atoms with van der Waals surface area (Å²) in [6.45, 7) is 6.36. The zero-order chi connectivity index (χ0) is 9.42. The molecule has 1 saturated carbocycles. The maximum atomic E-state index is 11.8. The van der Waals surface area contributed by atoms with Crippen LogP contribution < -0.4 is 0 Å². The van der Waals surface area contributed by atoms with Crippen molar-refractivity contribution in [3.05, 3.63) is 0 Å². The summed E-state index contributed by atoms with van der Waals surface area (Å²) >= 11 is 2.00. The number of carbonyl (C=O) groups excluding carboxylic acids is 1. The molecular formula is C10H17NOS. The number of nitrogens with zero attached hydrogens (tertiary/aromatic N) is 1. The largest absolute Gasteiger partial charge is 0.340 e. The average Bonchev–Trinajstić information content (AvgIpc) is 2.83. The Kier molecular flexibility index (Phi) is 2.54. The first-order valence-corrected chi connectivity index (χ1v) is 6.05. The second kappa shape index (κ2) is 3.52. The zero-order valence-corrected chi connectivity index (χ0v) is 9.14. The molecule has 2 atom stereocenters. The summed E-state index contributed by atoms with van der Waals surface area (Å²) in [4.78, 5) is 13.8. The second-order valence-electron chi connectivity index (χ2n) is 4.27. The van der Waals surface area contributed by atoms with Gasteiger partial charge in [-0.1, -0.05) is 13.8 Å². The minimum Gasteiger partial charge on any atom is -0.340 e. The number of carbonyl (C=O) groups is 1. The van der Waals surface area contributed by atoms with Gasteiger partial charge in [-0.2, -0.15) is 11.8 Å². The fraction of sp³-hybridized carbons (Fsp3) is 0.900. The molecule has 3 heteroatoms. The molecule has 2 unspecified atom stereocenters. The number of amides is 1. The molecule has 0 aromatic carbocycles. The van der Waals surface area contributed by atoms with Crippen LogP contribution in [0.4, 0.5) is 0 Å². The summed E-state index contributed by atoms with van der Waals surface area (Å²) in [5.74, 6) is 0.807. The highest BCUT2D eigenvalue weighted by Gasteiger charge is 2.36. The van der Waals surface area contributed by atoms with Crippen LogP contribution in [0.3, 0.4) is 0 Å². The topological polar surface area (TPSA) is 20.3 Å². The summed E-state index contributed by atoms with van der Waals surface area (Å²) in [6.07, 6.45) is 2.26. The number of rotatable bonds is 1. The zero-order valence-electron chi connectivity index (χ0n) is 8.32. The quantitative estimate of drug-likeness (QED) is 0.641. The van der Waals surface area contributed by atoms with Gasteiger partial charge >= 0.3 is 0 Å². The van der Waals surface area contributed by atoms with E-state index in [0.29, 0.717) is 22.3 Å². The van der Waals surface area contributed by atoms with Gasteiger partial charge in [0.2, 0.25) is 5.91 Å². The van der Waals surface area contributed by atoms with Crippen LogP contribution in [0.5, 0.6) is 0 Å². The molecule has 0 N–H and O–H groups in total. The van der Waals surface area contributed by atoms with Crippen molar-refractivity contribution in [1.29, 1.82) is 0 Å². The lowest BCUT2D eigenvalue weighted by Gasteiger charge is -2.34. The summed E-state index contributed by atoms with van der Waals surface area (Å²) in [7, 11) is 0. The SMILES string of the molecule is CC1CN(C(=O)C2CC2)CC(C)S1. The standard InChI is InChI=1S/C10H17NOS/c1-7-5-11(6-8(2)13-7)10(12)9-3-4-9/h7-9H,3-6H2,1-2H3. The smallest absolute Gasteiger partial charge is 0.225 e. The molecule has 1 saturated heterocycles. The van der Waals surface area contributed by atoms with Gasteiger partial charge in [0.1, 0.15) is 0 Å². The first-order valence-electron chi connectivity index (χ1n) is 5.11. The summed E-state index contributed by atoms with van der Waals surface area (Å²) in [5, 5.41) is 1.23. The monoisotopic (exact) mass is 199 g/mol. The van der Waals surface area contributed by atoms with Gasteiger partial charge < -0.3 is 4.90 Å². The molecule has 0 aromatic rings. The predicted molar refractivity (Wildman–Crippen MR) is 55.8 cm³/mol. The van der Waals surface area contributed by atoms with Gasteiger partial charge in [-0.25, -0.2) is 0 Å². The molecule has 2 rings (SSSR count). The molecule has 0 spiro atoms. The van der Waals surface area contributed by atoms with Gasteiger partial charge in [-0.3, -0.25) is 4.79 Å². The highest BCUT2D eigenvalue weighted by molar-refractivity contribution is 8.00. The van der Waals surface area contributed by atoms with E-state index < -0.39 is 0 Å². The van der Waals surface area contributed by atoms with E-state index in [1.54, 1.807) is 0 Å². The third-order valence-electron chi connectivity index (χ3n) is 2.66. The Morgan fingerprint density at radius 1 is 1.23 bits per heavy atom. The molecular weight excluding hydrogens is 182 g/mol. The lowest BCUT2D eigenvalue weighted by Crippen LogP contribution is -2.44. The molecule has 0 aromatic heterocycles. The number of hydrogen-bond donors (Lipinski definition) is 0. The van der Waals surface area contributed by atoms with E-state index in [1.165, 1.54) is 0 Å². The van der Waals surface area contributed by atoms with Gasteiger partial charge in [0.05, 0.1) is 0 Å². The minimum atomic E-state index is 0.391. The van der Waals surface area contributed by atoms with Crippen molar-refractivity contribution in [3.63, 3.8) is 0 Å². The molecule has 0 bridgehead atoms. The Hall–Kier alpha value is -0.180. The highest BCUT2D eigenvalue weighted by atomic mass is 32.2. The van der Waals surface area contributed by atoms with Crippen molar-refractivity contribution in [2.24, 2.45) is 5.92 Å². The van der Waals surface area contributed by atoms with E-state index in [1.807, 2.05) is 11.8 Å². The van der Waals surface area contributed by atoms with Crippen molar-refractivity contribution >= 4 is 17.7 Å². The first kappa shape index (κ1) is 9.38. The molecule has 1 aliphatic heterocycles. The fourth-order valence-electron chi connectivity index (χ4n) is 1.95. The Bertz CT molecular complexity index is 205. The van der Waals surface area contributed by atoms with Crippen LogP contribution in [0, 0.1) is 5.92 Å². The van der Waals surface area contributed by atoms with E-state index in [4.69, 9.17) is 0 Å². The van der Waals surface area contributed by atoms with Crippen molar-refractivity contribution in [2.45, 2.75) is 37.2 Å². The second-order valence-corrected chi connectivity index (χ2v) is 6.16. The molecule has 13 heavy (non-hydrogen) atoms. The summed E-state index contributed by atoms with van der Waals surface area (Å²) < 4.78 is 0. The normalized spacial score (nSPS) is 34.8. The van der Waals surface area contributed by atoms with E-state index >= 15 is 0 Å². The fourth-order valence-corrected chi connectivity index (χ4v) is 3.27. The molecule has 1 heterocycles. The molecule has 2 aliphatic rings. The van der Waals surface area contributed by atoms with E-state index in [2.05, 4.69) is 18.7 Å². The third-order valence-corrected chi connectivity index (χ3v) is 3.89. The molecule has 2 nitrogen and oxygen atoms in total. The molecule has 2 fully saturated rings. The van der Waals surface area contributed by atoms with Crippen molar-refractivity contribution < 1.29 is 4.79 Å². The first-order chi connectivity index (χ1) is 6.16. The third kappa shape index (κ3) is 2.19. The van der Waals surface area contributed by atoms with Crippen molar-refractivity contribution in [3.8, 4) is 0 Å². The molecule has 0 radical (unpaired) electrons. The van der Waals surface area contributed by atoms with E-state index in [9.17, 15) is 4.79 Å². The maximum Gasteiger partial charge on any atom is 0.225 e. The van der Waals surface area contributed by atoms with Crippen LogP contribution in [-0.4, -0.2) is 34.4 Å². The van der Waals surface area contributed by atoms with Gasteiger partial charge in [0.15, 0.2) is 0 Å². The van der Waals surface area contributed by atoms with Gasteiger partial charge in [-0.05, 0) is 12.8 Å².